The molecule has 0 bridgehead atoms. The van der Waals surface area contributed by atoms with Crippen LogP contribution in [0.1, 0.15) is 21.5 Å². The molecule has 154 valence electrons. The van der Waals surface area contributed by atoms with Gasteiger partial charge in [-0.15, -0.1) is 0 Å². The second-order valence-corrected chi connectivity index (χ2v) is 7.44. The molecule has 1 unspecified atom stereocenters. The standard InChI is InChI=1S/C24H23ClN2O3/c25-21-4-2-1-3-20(21)18-9-5-16(6-10-18)13-14-27-23(28)19-11-7-17(8-12-19)15-22(26)24(29)30/h1-12,22H,13-15,26H2,(H,27,28)(H,29,30). The molecule has 3 rings (SSSR count). The Hall–Kier alpha value is -3.15. The van der Waals surface area contributed by atoms with Gasteiger partial charge in [0.1, 0.15) is 6.04 Å². The molecule has 0 aliphatic carbocycles. The maximum Gasteiger partial charge on any atom is 0.320 e. The average molecular weight is 423 g/mol. The number of benzene rings is 3. The minimum Gasteiger partial charge on any atom is -0.480 e. The third-order valence-electron chi connectivity index (χ3n) is 4.83. The van der Waals surface area contributed by atoms with Gasteiger partial charge >= 0.3 is 5.97 Å². The van der Waals surface area contributed by atoms with Gasteiger partial charge in [0.2, 0.25) is 0 Å². The van der Waals surface area contributed by atoms with E-state index in [0.29, 0.717) is 23.6 Å². The summed E-state index contributed by atoms with van der Waals surface area (Å²) >= 11 is 6.24. The van der Waals surface area contributed by atoms with Crippen molar-refractivity contribution in [3.8, 4) is 11.1 Å². The zero-order valence-electron chi connectivity index (χ0n) is 16.3. The molecule has 0 aliphatic heterocycles. The number of carbonyl (C=O) groups excluding carboxylic acids is 1. The summed E-state index contributed by atoms with van der Waals surface area (Å²) in [4.78, 5) is 23.1. The zero-order chi connectivity index (χ0) is 21.5. The lowest BCUT2D eigenvalue weighted by atomic mass is 10.0. The molecule has 0 saturated carbocycles. The number of nitrogens with one attached hydrogen (secondary N) is 1. The first-order valence-corrected chi connectivity index (χ1v) is 10.0. The smallest absolute Gasteiger partial charge is 0.320 e. The Bertz CT molecular complexity index is 1020. The van der Waals surface area contributed by atoms with Crippen LogP contribution in [-0.2, 0) is 17.6 Å². The van der Waals surface area contributed by atoms with Crippen molar-refractivity contribution in [1.29, 1.82) is 0 Å². The molecule has 0 spiro atoms. The molecule has 3 aromatic carbocycles. The van der Waals surface area contributed by atoms with Gasteiger partial charge in [0.05, 0.1) is 0 Å². The molecule has 0 radical (unpaired) electrons. The highest BCUT2D eigenvalue weighted by Gasteiger charge is 2.12. The number of carbonyl (C=O) groups is 2. The third kappa shape index (κ3) is 5.69. The number of rotatable bonds is 8. The van der Waals surface area contributed by atoms with Crippen molar-refractivity contribution in [3.63, 3.8) is 0 Å². The highest BCUT2D eigenvalue weighted by Crippen LogP contribution is 2.27. The summed E-state index contributed by atoms with van der Waals surface area (Å²) in [5.74, 6) is -1.21. The summed E-state index contributed by atoms with van der Waals surface area (Å²) < 4.78 is 0. The van der Waals surface area contributed by atoms with E-state index in [4.69, 9.17) is 22.4 Å². The van der Waals surface area contributed by atoms with Crippen LogP contribution in [0, 0.1) is 0 Å². The SMILES string of the molecule is NC(Cc1ccc(C(=O)NCCc2ccc(-c3ccccc3Cl)cc2)cc1)C(=O)O. The summed E-state index contributed by atoms with van der Waals surface area (Å²) in [6.45, 7) is 0.510. The quantitative estimate of drug-likeness (QED) is 0.512. The number of hydrogen-bond donors (Lipinski definition) is 3. The van der Waals surface area contributed by atoms with Crippen molar-refractivity contribution >= 4 is 23.5 Å². The van der Waals surface area contributed by atoms with Crippen LogP contribution in [0.4, 0.5) is 0 Å². The lowest BCUT2D eigenvalue weighted by Crippen LogP contribution is -2.32. The van der Waals surface area contributed by atoms with E-state index in [1.165, 1.54) is 0 Å². The maximum absolute atomic E-state index is 12.3. The number of halogens is 1. The third-order valence-corrected chi connectivity index (χ3v) is 5.16. The van der Waals surface area contributed by atoms with Crippen LogP contribution in [0.3, 0.4) is 0 Å². The fourth-order valence-electron chi connectivity index (χ4n) is 3.10. The van der Waals surface area contributed by atoms with Crippen molar-refractivity contribution in [1.82, 2.24) is 5.32 Å². The van der Waals surface area contributed by atoms with E-state index in [1.54, 1.807) is 24.3 Å². The molecule has 3 aromatic rings. The summed E-state index contributed by atoms with van der Waals surface area (Å²) in [6.07, 6.45) is 0.932. The van der Waals surface area contributed by atoms with Crippen LogP contribution >= 0.6 is 11.6 Å². The molecule has 5 nitrogen and oxygen atoms in total. The highest BCUT2D eigenvalue weighted by atomic mass is 35.5. The summed E-state index contributed by atoms with van der Waals surface area (Å²) in [5.41, 5.74) is 9.99. The second kappa shape index (κ2) is 10.1. The zero-order valence-corrected chi connectivity index (χ0v) is 17.1. The Morgan fingerprint density at radius 1 is 0.933 bits per heavy atom. The van der Waals surface area contributed by atoms with Crippen LogP contribution in [-0.4, -0.2) is 29.6 Å². The molecule has 0 heterocycles. The molecule has 4 N–H and O–H groups in total. The van der Waals surface area contributed by atoms with Crippen molar-refractivity contribution in [3.05, 3.63) is 94.5 Å². The van der Waals surface area contributed by atoms with Gasteiger partial charge < -0.3 is 16.2 Å². The van der Waals surface area contributed by atoms with Crippen LogP contribution in [0.2, 0.25) is 5.02 Å². The van der Waals surface area contributed by atoms with Crippen LogP contribution in [0.25, 0.3) is 11.1 Å². The summed E-state index contributed by atoms with van der Waals surface area (Å²) in [6, 6.07) is 21.7. The molecule has 6 heteroatoms. The molecular weight excluding hydrogens is 400 g/mol. The Balaban J connectivity index is 1.51. The molecule has 0 aromatic heterocycles. The first kappa shape index (κ1) is 21.6. The molecule has 0 fully saturated rings. The molecule has 0 saturated heterocycles. The number of aliphatic carboxylic acids is 1. The second-order valence-electron chi connectivity index (χ2n) is 7.03. The Labute approximate surface area is 180 Å². The van der Waals surface area contributed by atoms with Crippen LogP contribution in [0.15, 0.2) is 72.8 Å². The number of nitrogens with two attached hydrogens (primary N) is 1. The van der Waals surface area contributed by atoms with Crippen molar-refractivity contribution in [2.45, 2.75) is 18.9 Å². The number of hydrogen-bond acceptors (Lipinski definition) is 3. The largest absolute Gasteiger partial charge is 0.480 e. The fourth-order valence-corrected chi connectivity index (χ4v) is 3.35. The van der Waals surface area contributed by atoms with E-state index in [1.807, 2.05) is 48.5 Å². The highest BCUT2D eigenvalue weighted by molar-refractivity contribution is 6.33. The van der Waals surface area contributed by atoms with Crippen LogP contribution in [0.5, 0.6) is 0 Å². The Morgan fingerprint density at radius 3 is 2.20 bits per heavy atom. The summed E-state index contributed by atoms with van der Waals surface area (Å²) in [7, 11) is 0. The van der Waals surface area contributed by atoms with Gasteiger partial charge in [-0.25, -0.2) is 0 Å². The molecular formula is C24H23ClN2O3. The normalized spacial score (nSPS) is 11.7. The van der Waals surface area contributed by atoms with E-state index >= 15 is 0 Å². The van der Waals surface area contributed by atoms with Gasteiger partial charge in [0.15, 0.2) is 0 Å². The Morgan fingerprint density at radius 2 is 1.57 bits per heavy atom. The predicted octanol–water partition coefficient (Wildman–Crippen LogP) is 3.93. The maximum atomic E-state index is 12.3. The number of carboxylic acid groups (broad SMARTS) is 1. The first-order chi connectivity index (χ1) is 14.4. The van der Waals surface area contributed by atoms with Gasteiger partial charge in [-0.3, -0.25) is 9.59 Å². The van der Waals surface area contributed by atoms with Crippen molar-refractivity contribution < 1.29 is 14.7 Å². The van der Waals surface area contributed by atoms with Gasteiger partial charge in [0, 0.05) is 22.7 Å². The predicted molar refractivity (Wildman–Crippen MR) is 119 cm³/mol. The van der Waals surface area contributed by atoms with E-state index in [0.717, 1.165) is 22.3 Å². The molecule has 30 heavy (non-hydrogen) atoms. The van der Waals surface area contributed by atoms with E-state index in [2.05, 4.69) is 5.32 Å². The molecule has 1 amide bonds. The lowest BCUT2D eigenvalue weighted by molar-refractivity contribution is -0.138. The van der Waals surface area contributed by atoms with Crippen LogP contribution < -0.4 is 11.1 Å². The van der Waals surface area contributed by atoms with Gasteiger partial charge in [-0.2, -0.15) is 0 Å². The first-order valence-electron chi connectivity index (χ1n) is 9.63. The van der Waals surface area contributed by atoms with Crippen molar-refractivity contribution in [2.24, 2.45) is 5.73 Å². The fraction of sp³-hybridized carbons (Fsp3) is 0.167. The number of amides is 1. The monoisotopic (exact) mass is 422 g/mol. The van der Waals surface area contributed by atoms with Crippen molar-refractivity contribution in [2.75, 3.05) is 6.54 Å². The van der Waals surface area contributed by atoms with E-state index < -0.39 is 12.0 Å². The van der Waals surface area contributed by atoms with Gasteiger partial charge in [0.25, 0.3) is 5.91 Å². The average Bonchev–Trinajstić information content (AvgIpc) is 2.75. The van der Waals surface area contributed by atoms with Gasteiger partial charge in [-0.05, 0) is 47.7 Å². The van der Waals surface area contributed by atoms with E-state index in [9.17, 15) is 9.59 Å². The molecule has 0 aliphatic rings. The summed E-state index contributed by atoms with van der Waals surface area (Å²) in [5, 5.41) is 12.5. The van der Waals surface area contributed by atoms with Gasteiger partial charge in [-0.1, -0.05) is 66.2 Å². The Kier molecular flexibility index (Phi) is 7.22. The lowest BCUT2D eigenvalue weighted by Gasteiger charge is -2.09. The minimum absolute atomic E-state index is 0.170. The molecule has 1 atom stereocenters. The van der Waals surface area contributed by atoms with E-state index in [-0.39, 0.29) is 12.3 Å². The minimum atomic E-state index is -1.04. The number of carboxylic acids is 1. The topological polar surface area (TPSA) is 92.4 Å².